The summed E-state index contributed by atoms with van der Waals surface area (Å²) < 4.78 is 42.2. The number of rotatable bonds is 3. The Morgan fingerprint density at radius 1 is 1.23 bits per heavy atom. The number of hydrogen-bond acceptors (Lipinski definition) is 4. The molecule has 1 aliphatic heterocycles. The van der Waals surface area contributed by atoms with Gasteiger partial charge in [-0.1, -0.05) is 18.2 Å². The maximum absolute atomic E-state index is 13.4. The Morgan fingerprint density at radius 2 is 1.97 bits per heavy atom. The average molecular weight is 484 g/mol. The van der Waals surface area contributed by atoms with E-state index < -0.39 is 17.8 Å². The molecular weight excluding hydrogens is 455 g/mol. The molecule has 2 aromatic heterocycles. The number of pyridine rings is 1. The van der Waals surface area contributed by atoms with Gasteiger partial charge in [0.05, 0.1) is 29.0 Å². The Labute approximate surface area is 201 Å². The molecule has 184 valence electrons. The molecule has 3 heterocycles. The topological polar surface area (TPSA) is 63.4 Å². The van der Waals surface area contributed by atoms with Crippen LogP contribution in [-0.2, 0) is 18.0 Å². The lowest BCUT2D eigenvalue weighted by Gasteiger charge is -2.25. The lowest BCUT2D eigenvalue weighted by atomic mass is 9.97. The fraction of sp³-hybridized carbons (Fsp3) is 0.385. The number of halogens is 3. The second kappa shape index (κ2) is 9.28. The zero-order valence-electron chi connectivity index (χ0n) is 20.4. The Morgan fingerprint density at radius 3 is 2.60 bits per heavy atom. The summed E-state index contributed by atoms with van der Waals surface area (Å²) in [4.78, 5) is 27.5. The number of amides is 1. The summed E-state index contributed by atoms with van der Waals surface area (Å²) in [7, 11) is 1.89. The molecule has 0 radical (unpaired) electrons. The molecule has 0 fully saturated rings. The van der Waals surface area contributed by atoms with Crippen molar-refractivity contribution >= 4 is 22.4 Å². The number of fused-ring (bicyclic) bond motifs is 1. The zero-order chi connectivity index (χ0) is 25.5. The van der Waals surface area contributed by atoms with E-state index >= 15 is 0 Å². The van der Waals surface area contributed by atoms with Gasteiger partial charge < -0.3 is 9.47 Å². The number of hydrogen-bond donors (Lipinski definition) is 0. The minimum Gasteiger partial charge on any atom is -0.339 e. The lowest BCUT2D eigenvalue weighted by Crippen LogP contribution is -2.32. The van der Waals surface area contributed by atoms with Crippen LogP contribution in [0, 0.1) is 13.8 Å². The molecular formula is C26H28F3N5O. The molecule has 1 aliphatic rings. The van der Waals surface area contributed by atoms with E-state index in [2.05, 4.69) is 9.97 Å². The molecule has 6 nitrogen and oxygen atoms in total. The number of carbonyl (C=O) groups is 1. The number of carbonyl (C=O) groups excluding carboxylic acids is 1. The molecule has 4 rings (SSSR count). The van der Waals surface area contributed by atoms with E-state index in [9.17, 15) is 18.0 Å². The molecule has 35 heavy (non-hydrogen) atoms. The molecule has 0 saturated carbocycles. The van der Waals surface area contributed by atoms with Crippen molar-refractivity contribution in [2.45, 2.75) is 46.3 Å². The van der Waals surface area contributed by atoms with E-state index in [0.717, 1.165) is 28.2 Å². The second-order valence-electron chi connectivity index (χ2n) is 8.90. The third kappa shape index (κ3) is 4.85. The van der Waals surface area contributed by atoms with Crippen LogP contribution in [0.25, 0.3) is 16.5 Å². The normalized spacial score (nSPS) is 15.9. The first-order chi connectivity index (χ1) is 16.5. The van der Waals surface area contributed by atoms with Crippen molar-refractivity contribution in [3.8, 4) is 0 Å². The molecule has 0 N–H and O–H groups in total. The zero-order valence-corrected chi connectivity index (χ0v) is 20.4. The molecule has 9 heteroatoms. The minimum atomic E-state index is -4.42. The van der Waals surface area contributed by atoms with Gasteiger partial charge in [-0.3, -0.25) is 14.8 Å². The summed E-state index contributed by atoms with van der Waals surface area (Å²) in [6.07, 6.45) is 0.0484. The summed E-state index contributed by atoms with van der Waals surface area (Å²) in [6, 6.07) is 5.59. The fourth-order valence-electron chi connectivity index (χ4n) is 4.49. The highest BCUT2D eigenvalue weighted by atomic mass is 19.4. The van der Waals surface area contributed by atoms with E-state index in [1.807, 2.05) is 30.7 Å². The van der Waals surface area contributed by atoms with Crippen molar-refractivity contribution in [3.63, 3.8) is 0 Å². The summed E-state index contributed by atoms with van der Waals surface area (Å²) >= 11 is 0. The van der Waals surface area contributed by atoms with Crippen LogP contribution in [0.1, 0.15) is 54.5 Å². The highest BCUT2D eigenvalue weighted by Gasteiger charge is 2.33. The standard InChI is InChI=1S/C26H28F3N5O/c1-15-20(7-6-8-22(15)26(27,28)29)16(2)31-25-21-13-23(19-9-11-34(12-10-19)18(4)35)30-14-24(21)33(5)17(3)32-25/h6-9,13-14,16H,10-12H2,1-5H3/b31-25-. The van der Waals surface area contributed by atoms with Crippen LogP contribution >= 0.6 is 0 Å². The van der Waals surface area contributed by atoms with Gasteiger partial charge in [-0.05, 0) is 56.0 Å². The molecule has 1 atom stereocenters. The molecule has 0 bridgehead atoms. The number of aryl methyl sites for hydroxylation is 2. The highest BCUT2D eigenvalue weighted by Crippen LogP contribution is 2.35. The van der Waals surface area contributed by atoms with Gasteiger partial charge in [-0.15, -0.1) is 0 Å². The van der Waals surface area contributed by atoms with Crippen molar-refractivity contribution in [1.82, 2.24) is 19.4 Å². The van der Waals surface area contributed by atoms with Gasteiger partial charge in [0.1, 0.15) is 5.82 Å². The summed E-state index contributed by atoms with van der Waals surface area (Å²) in [5.74, 6) is 0.756. The first kappa shape index (κ1) is 24.6. The molecule has 0 saturated heterocycles. The van der Waals surface area contributed by atoms with Crippen molar-refractivity contribution in [2.24, 2.45) is 12.0 Å². The van der Waals surface area contributed by atoms with Crippen LogP contribution in [0.4, 0.5) is 13.2 Å². The second-order valence-corrected chi connectivity index (χ2v) is 8.90. The van der Waals surface area contributed by atoms with E-state index in [1.54, 1.807) is 31.0 Å². The van der Waals surface area contributed by atoms with Crippen molar-refractivity contribution < 1.29 is 18.0 Å². The largest absolute Gasteiger partial charge is 0.416 e. The maximum atomic E-state index is 13.4. The highest BCUT2D eigenvalue weighted by molar-refractivity contribution is 5.82. The van der Waals surface area contributed by atoms with E-state index in [-0.39, 0.29) is 11.5 Å². The van der Waals surface area contributed by atoms with Gasteiger partial charge in [0.15, 0.2) is 5.49 Å². The Balaban J connectivity index is 1.83. The predicted molar refractivity (Wildman–Crippen MR) is 128 cm³/mol. The van der Waals surface area contributed by atoms with Crippen molar-refractivity contribution in [2.75, 3.05) is 13.1 Å². The first-order valence-electron chi connectivity index (χ1n) is 11.5. The Hall–Kier alpha value is -3.49. The number of nitrogens with zero attached hydrogens (tertiary/aromatic N) is 5. The number of alkyl halides is 3. The number of benzene rings is 1. The van der Waals surface area contributed by atoms with Crippen LogP contribution in [0.15, 0.2) is 41.5 Å². The molecule has 1 amide bonds. The monoisotopic (exact) mass is 483 g/mol. The van der Waals surface area contributed by atoms with Crippen LogP contribution in [-0.4, -0.2) is 38.4 Å². The minimum absolute atomic E-state index is 0.0402. The van der Waals surface area contributed by atoms with Gasteiger partial charge in [0, 0.05) is 32.4 Å². The molecule has 1 aromatic carbocycles. The molecule has 0 aliphatic carbocycles. The van der Waals surface area contributed by atoms with E-state index in [1.165, 1.54) is 13.0 Å². The van der Waals surface area contributed by atoms with Gasteiger partial charge in [0.2, 0.25) is 5.91 Å². The van der Waals surface area contributed by atoms with Crippen LogP contribution in [0.2, 0.25) is 0 Å². The predicted octanol–water partition coefficient (Wildman–Crippen LogP) is 4.90. The molecule has 0 spiro atoms. The third-order valence-corrected chi connectivity index (χ3v) is 6.67. The summed E-state index contributed by atoms with van der Waals surface area (Å²) in [5, 5.41) is 0.773. The number of aromatic nitrogens is 3. The first-order valence-corrected chi connectivity index (χ1v) is 11.5. The Kier molecular flexibility index (Phi) is 6.53. The fourth-order valence-corrected chi connectivity index (χ4v) is 4.49. The smallest absolute Gasteiger partial charge is 0.339 e. The molecule has 3 aromatic rings. The van der Waals surface area contributed by atoms with Crippen LogP contribution in [0.3, 0.4) is 0 Å². The van der Waals surface area contributed by atoms with Gasteiger partial charge in [0.25, 0.3) is 0 Å². The van der Waals surface area contributed by atoms with E-state index in [4.69, 9.17) is 4.99 Å². The maximum Gasteiger partial charge on any atom is 0.416 e. The van der Waals surface area contributed by atoms with Gasteiger partial charge >= 0.3 is 6.18 Å². The van der Waals surface area contributed by atoms with E-state index in [0.29, 0.717) is 36.4 Å². The SMILES string of the molecule is CC(=O)N1CC=C(c2cc3/c(=N/C(C)c4cccc(C(F)(F)F)c4C)nc(C)n(C)c3cn2)CC1. The van der Waals surface area contributed by atoms with Crippen molar-refractivity contribution in [3.05, 3.63) is 70.2 Å². The molecule has 1 unspecified atom stereocenters. The average Bonchev–Trinajstić information content (AvgIpc) is 2.81. The third-order valence-electron chi connectivity index (χ3n) is 6.67. The quantitative estimate of drug-likeness (QED) is 0.532. The van der Waals surface area contributed by atoms with Crippen LogP contribution in [0.5, 0.6) is 0 Å². The van der Waals surface area contributed by atoms with Crippen molar-refractivity contribution in [1.29, 1.82) is 0 Å². The van der Waals surface area contributed by atoms with Crippen LogP contribution < -0.4 is 5.49 Å². The summed E-state index contributed by atoms with van der Waals surface area (Å²) in [5.41, 5.74) is 3.14. The van der Waals surface area contributed by atoms with Gasteiger partial charge in [-0.2, -0.15) is 13.2 Å². The Bertz CT molecular complexity index is 1400. The summed E-state index contributed by atoms with van der Waals surface area (Å²) in [6.45, 7) is 7.83. The van der Waals surface area contributed by atoms with Gasteiger partial charge in [-0.25, -0.2) is 4.98 Å². The lowest BCUT2D eigenvalue weighted by molar-refractivity contribution is -0.138.